The maximum atomic E-state index is 6.68. The van der Waals surface area contributed by atoms with Crippen LogP contribution in [0.2, 0.25) is 5.02 Å². The van der Waals surface area contributed by atoms with E-state index in [9.17, 15) is 0 Å². The number of furan rings is 1. The highest BCUT2D eigenvalue weighted by molar-refractivity contribution is 6.31. The van der Waals surface area contributed by atoms with Gasteiger partial charge in [-0.1, -0.05) is 17.7 Å². The van der Waals surface area contributed by atoms with Gasteiger partial charge in [-0.2, -0.15) is 0 Å². The van der Waals surface area contributed by atoms with Crippen LogP contribution in [0.3, 0.4) is 0 Å². The third kappa shape index (κ3) is 2.54. The molecule has 0 aliphatic heterocycles. The Morgan fingerprint density at radius 3 is 2.11 bits per heavy atom. The molecule has 2 aromatic rings. The SMILES string of the molecule is Cc1cc(C(Cl)c2c(C)oc(C)c2C)c(C)cc1Cl. The molecule has 2 rings (SSSR count). The molecule has 1 aromatic heterocycles. The Bertz CT molecular complexity index is 626. The second kappa shape index (κ2) is 5.22. The van der Waals surface area contributed by atoms with E-state index in [2.05, 4.69) is 13.0 Å². The molecule has 1 nitrogen and oxygen atoms in total. The zero-order chi connectivity index (χ0) is 14.3. The lowest BCUT2D eigenvalue weighted by Gasteiger charge is -2.15. The molecule has 19 heavy (non-hydrogen) atoms. The number of hydrogen-bond acceptors (Lipinski definition) is 1. The summed E-state index contributed by atoms with van der Waals surface area (Å²) < 4.78 is 5.67. The smallest absolute Gasteiger partial charge is 0.106 e. The van der Waals surface area contributed by atoms with E-state index in [4.69, 9.17) is 27.6 Å². The van der Waals surface area contributed by atoms with Crippen LogP contribution in [0.25, 0.3) is 0 Å². The summed E-state index contributed by atoms with van der Waals surface area (Å²) in [7, 11) is 0. The summed E-state index contributed by atoms with van der Waals surface area (Å²) in [5.74, 6) is 1.82. The van der Waals surface area contributed by atoms with E-state index in [-0.39, 0.29) is 5.38 Å². The predicted octanol–water partition coefficient (Wildman–Crippen LogP) is 5.80. The van der Waals surface area contributed by atoms with Gasteiger partial charge in [0.2, 0.25) is 0 Å². The highest BCUT2D eigenvalue weighted by Crippen LogP contribution is 2.38. The van der Waals surface area contributed by atoms with E-state index in [1.54, 1.807) is 0 Å². The van der Waals surface area contributed by atoms with Crippen LogP contribution in [0.15, 0.2) is 16.5 Å². The summed E-state index contributed by atoms with van der Waals surface area (Å²) in [6.45, 7) is 10.0. The van der Waals surface area contributed by atoms with Crippen LogP contribution >= 0.6 is 23.2 Å². The van der Waals surface area contributed by atoms with Crippen LogP contribution < -0.4 is 0 Å². The number of alkyl halides is 1. The van der Waals surface area contributed by atoms with Crippen molar-refractivity contribution in [2.75, 3.05) is 0 Å². The van der Waals surface area contributed by atoms with Crippen LogP contribution in [0.5, 0.6) is 0 Å². The highest BCUT2D eigenvalue weighted by atomic mass is 35.5. The van der Waals surface area contributed by atoms with Gasteiger partial charge < -0.3 is 4.42 Å². The fourth-order valence-corrected chi connectivity index (χ4v) is 3.19. The quantitative estimate of drug-likeness (QED) is 0.638. The summed E-state index contributed by atoms with van der Waals surface area (Å²) in [5, 5.41) is 0.579. The van der Waals surface area contributed by atoms with Gasteiger partial charge in [0.15, 0.2) is 0 Å². The number of aryl methyl sites for hydroxylation is 4. The van der Waals surface area contributed by atoms with Crippen molar-refractivity contribution in [3.63, 3.8) is 0 Å². The minimum absolute atomic E-state index is 0.201. The fourth-order valence-electron chi connectivity index (χ4n) is 2.42. The molecule has 0 saturated carbocycles. The fraction of sp³-hybridized carbons (Fsp3) is 0.375. The van der Waals surface area contributed by atoms with Crippen molar-refractivity contribution < 1.29 is 4.42 Å². The molecule has 0 spiro atoms. The van der Waals surface area contributed by atoms with E-state index in [0.717, 1.165) is 44.4 Å². The molecule has 0 bridgehead atoms. The number of rotatable bonds is 2. The first kappa shape index (κ1) is 14.5. The molecule has 0 fully saturated rings. The lowest BCUT2D eigenvalue weighted by atomic mass is 9.96. The van der Waals surface area contributed by atoms with E-state index in [0.29, 0.717) is 0 Å². The first-order valence-corrected chi connectivity index (χ1v) is 7.11. The lowest BCUT2D eigenvalue weighted by Crippen LogP contribution is -2.00. The van der Waals surface area contributed by atoms with Crippen LogP contribution in [-0.2, 0) is 0 Å². The highest BCUT2D eigenvalue weighted by Gasteiger charge is 2.22. The molecule has 0 aliphatic rings. The van der Waals surface area contributed by atoms with Gasteiger partial charge >= 0.3 is 0 Å². The van der Waals surface area contributed by atoms with Crippen molar-refractivity contribution in [3.05, 3.63) is 56.5 Å². The van der Waals surface area contributed by atoms with Crippen molar-refractivity contribution in [1.82, 2.24) is 0 Å². The molecule has 3 heteroatoms. The summed E-state index contributed by atoms with van der Waals surface area (Å²) in [5.41, 5.74) is 5.45. The van der Waals surface area contributed by atoms with Crippen LogP contribution in [0.4, 0.5) is 0 Å². The monoisotopic (exact) mass is 296 g/mol. The number of halogens is 2. The molecule has 0 radical (unpaired) electrons. The van der Waals surface area contributed by atoms with Crippen molar-refractivity contribution >= 4 is 23.2 Å². The van der Waals surface area contributed by atoms with Crippen LogP contribution in [-0.4, -0.2) is 0 Å². The Labute approximate surface area is 124 Å². The largest absolute Gasteiger partial charge is 0.466 e. The van der Waals surface area contributed by atoms with Crippen molar-refractivity contribution in [2.45, 2.75) is 40.0 Å². The third-order valence-corrected chi connectivity index (χ3v) is 4.55. The number of benzene rings is 1. The molecule has 1 heterocycles. The van der Waals surface area contributed by atoms with E-state index in [1.807, 2.05) is 33.8 Å². The Morgan fingerprint density at radius 2 is 1.58 bits per heavy atom. The maximum absolute atomic E-state index is 6.68. The molecule has 1 atom stereocenters. The third-order valence-electron chi connectivity index (χ3n) is 3.69. The van der Waals surface area contributed by atoms with Crippen molar-refractivity contribution in [2.24, 2.45) is 0 Å². The summed E-state index contributed by atoms with van der Waals surface area (Å²) in [6.07, 6.45) is 0. The number of hydrogen-bond donors (Lipinski definition) is 0. The topological polar surface area (TPSA) is 13.1 Å². The van der Waals surface area contributed by atoms with Crippen molar-refractivity contribution in [3.8, 4) is 0 Å². The normalized spacial score (nSPS) is 12.8. The minimum Gasteiger partial charge on any atom is -0.466 e. The summed E-state index contributed by atoms with van der Waals surface area (Å²) in [4.78, 5) is 0. The average Bonchev–Trinajstić information content (AvgIpc) is 2.57. The first-order valence-electron chi connectivity index (χ1n) is 6.30. The Balaban J connectivity index is 2.56. The molecule has 0 aliphatic carbocycles. The molecule has 102 valence electrons. The average molecular weight is 297 g/mol. The van der Waals surface area contributed by atoms with E-state index in [1.165, 1.54) is 0 Å². The van der Waals surface area contributed by atoms with E-state index >= 15 is 0 Å². The Morgan fingerprint density at radius 1 is 0.947 bits per heavy atom. The van der Waals surface area contributed by atoms with Gasteiger partial charge in [0.1, 0.15) is 11.5 Å². The zero-order valence-electron chi connectivity index (χ0n) is 11.9. The first-order chi connectivity index (χ1) is 8.82. The standard InChI is InChI=1S/C16H18Cl2O/c1-8-7-14(17)9(2)6-13(8)16(18)15-10(3)11(4)19-12(15)5/h6-7,16H,1-5H3. The van der Waals surface area contributed by atoms with Gasteiger partial charge in [0.05, 0.1) is 5.38 Å². The minimum atomic E-state index is -0.201. The maximum Gasteiger partial charge on any atom is 0.106 e. The van der Waals surface area contributed by atoms with Gasteiger partial charge in [-0.05, 0) is 62.9 Å². The molecule has 0 amide bonds. The van der Waals surface area contributed by atoms with Gasteiger partial charge in [0, 0.05) is 10.6 Å². The molecular weight excluding hydrogens is 279 g/mol. The molecule has 0 N–H and O–H groups in total. The Hall–Kier alpha value is -0.920. The second-order valence-corrected chi connectivity index (χ2v) is 5.92. The van der Waals surface area contributed by atoms with Crippen LogP contribution in [0, 0.1) is 34.6 Å². The summed E-state index contributed by atoms with van der Waals surface area (Å²) >= 11 is 12.8. The van der Waals surface area contributed by atoms with Gasteiger partial charge in [-0.25, -0.2) is 0 Å². The molecular formula is C16H18Cl2O. The zero-order valence-corrected chi connectivity index (χ0v) is 13.4. The predicted molar refractivity (Wildman–Crippen MR) is 81.5 cm³/mol. The van der Waals surface area contributed by atoms with Gasteiger partial charge in [-0.15, -0.1) is 11.6 Å². The summed E-state index contributed by atoms with van der Waals surface area (Å²) in [6, 6.07) is 4.04. The van der Waals surface area contributed by atoms with Crippen LogP contribution in [0.1, 0.15) is 44.7 Å². The lowest BCUT2D eigenvalue weighted by molar-refractivity contribution is 0.500. The van der Waals surface area contributed by atoms with Gasteiger partial charge in [-0.3, -0.25) is 0 Å². The van der Waals surface area contributed by atoms with Gasteiger partial charge in [0.25, 0.3) is 0 Å². The molecule has 1 aromatic carbocycles. The Kier molecular flexibility index (Phi) is 3.98. The van der Waals surface area contributed by atoms with E-state index < -0.39 is 0 Å². The second-order valence-electron chi connectivity index (χ2n) is 5.07. The van der Waals surface area contributed by atoms with Crippen molar-refractivity contribution in [1.29, 1.82) is 0 Å². The molecule has 0 saturated heterocycles. The molecule has 1 unspecified atom stereocenters.